The summed E-state index contributed by atoms with van der Waals surface area (Å²) < 4.78 is 5.14. The van der Waals surface area contributed by atoms with Gasteiger partial charge in [0, 0.05) is 11.9 Å². The minimum Gasteiger partial charge on any atom is -0.497 e. The lowest BCUT2D eigenvalue weighted by atomic mass is 10.1. The zero-order chi connectivity index (χ0) is 18.4. The third kappa shape index (κ3) is 4.76. The second-order valence-electron chi connectivity index (χ2n) is 6.03. The Morgan fingerprint density at radius 1 is 1.15 bits per heavy atom. The maximum atomic E-state index is 12.1. The number of benzene rings is 2. The summed E-state index contributed by atoms with van der Waals surface area (Å²) in [7, 11) is 1.65. The van der Waals surface area contributed by atoms with Gasteiger partial charge in [-0.05, 0) is 48.7 Å². The highest BCUT2D eigenvalue weighted by atomic mass is 32.2. The van der Waals surface area contributed by atoms with E-state index < -0.39 is 0 Å². The van der Waals surface area contributed by atoms with Gasteiger partial charge in [-0.2, -0.15) is 0 Å². The van der Waals surface area contributed by atoms with E-state index >= 15 is 0 Å². The number of nitrogens with zero attached hydrogens (tertiary/aromatic N) is 1. The number of nitrogens with one attached hydrogen (secondary N) is 1. The summed E-state index contributed by atoms with van der Waals surface area (Å²) in [5.41, 5.74) is 3.32. The number of rotatable bonds is 7. The number of thioether (sulfide) groups is 1. The van der Waals surface area contributed by atoms with E-state index in [1.54, 1.807) is 7.11 Å². The number of fused-ring (bicyclic) bond motifs is 1. The zero-order valence-electron chi connectivity index (χ0n) is 15.0. The molecule has 134 valence electrons. The van der Waals surface area contributed by atoms with Crippen molar-refractivity contribution >= 4 is 28.6 Å². The number of carbonyl (C=O) groups excluding carboxylic acids is 1. The molecule has 1 aromatic heterocycles. The molecule has 0 fully saturated rings. The Hall–Kier alpha value is -2.53. The number of pyridine rings is 1. The third-order valence-electron chi connectivity index (χ3n) is 4.15. The highest BCUT2D eigenvalue weighted by Gasteiger charge is 2.06. The summed E-state index contributed by atoms with van der Waals surface area (Å²) in [4.78, 5) is 16.7. The van der Waals surface area contributed by atoms with Crippen LogP contribution in [0, 0.1) is 6.92 Å². The van der Waals surface area contributed by atoms with E-state index in [4.69, 9.17) is 4.74 Å². The Labute approximate surface area is 158 Å². The van der Waals surface area contributed by atoms with Crippen LogP contribution in [-0.4, -0.2) is 30.3 Å². The van der Waals surface area contributed by atoms with E-state index in [1.807, 2.05) is 48.5 Å². The number of hydrogen-bond donors (Lipinski definition) is 1. The lowest BCUT2D eigenvalue weighted by molar-refractivity contribution is -0.118. The molecule has 0 unspecified atom stereocenters. The molecule has 0 spiro atoms. The first-order valence-electron chi connectivity index (χ1n) is 8.54. The molecule has 0 aliphatic carbocycles. The Kier molecular flexibility index (Phi) is 6.12. The van der Waals surface area contributed by atoms with E-state index in [1.165, 1.54) is 22.9 Å². The third-order valence-corrected chi connectivity index (χ3v) is 5.06. The van der Waals surface area contributed by atoms with Crippen LogP contribution < -0.4 is 10.1 Å². The van der Waals surface area contributed by atoms with Gasteiger partial charge < -0.3 is 10.1 Å². The molecular weight excluding hydrogens is 344 g/mol. The summed E-state index contributed by atoms with van der Waals surface area (Å²) in [5.74, 6) is 1.23. The van der Waals surface area contributed by atoms with Crippen LogP contribution in [-0.2, 0) is 11.2 Å². The summed E-state index contributed by atoms with van der Waals surface area (Å²) in [6, 6.07) is 18.0. The molecule has 0 aliphatic rings. The summed E-state index contributed by atoms with van der Waals surface area (Å²) >= 11 is 1.47. The number of ether oxygens (including phenoxy) is 1. The Balaban J connectivity index is 1.48. The van der Waals surface area contributed by atoms with Crippen LogP contribution in [0.1, 0.15) is 11.1 Å². The molecule has 1 heterocycles. The highest BCUT2D eigenvalue weighted by molar-refractivity contribution is 7.99. The second kappa shape index (κ2) is 8.72. The summed E-state index contributed by atoms with van der Waals surface area (Å²) in [6.45, 7) is 2.69. The van der Waals surface area contributed by atoms with Crippen molar-refractivity contribution in [2.24, 2.45) is 0 Å². The number of aromatic nitrogens is 1. The van der Waals surface area contributed by atoms with Gasteiger partial charge in [-0.25, -0.2) is 4.98 Å². The van der Waals surface area contributed by atoms with Crippen LogP contribution in [0.25, 0.3) is 10.9 Å². The lowest BCUT2D eigenvalue weighted by Crippen LogP contribution is -2.27. The van der Waals surface area contributed by atoms with Crippen LogP contribution in [0.15, 0.2) is 59.6 Å². The summed E-state index contributed by atoms with van der Waals surface area (Å²) in [6.07, 6.45) is 0.799. The molecule has 3 rings (SSSR count). The Morgan fingerprint density at radius 3 is 2.69 bits per heavy atom. The first-order valence-corrected chi connectivity index (χ1v) is 9.53. The number of aryl methyl sites for hydroxylation is 1. The second-order valence-corrected chi connectivity index (χ2v) is 7.03. The van der Waals surface area contributed by atoms with Crippen molar-refractivity contribution in [1.29, 1.82) is 0 Å². The maximum absolute atomic E-state index is 12.1. The number of methoxy groups -OCH3 is 1. The maximum Gasteiger partial charge on any atom is 0.230 e. The first kappa shape index (κ1) is 18.3. The van der Waals surface area contributed by atoms with Gasteiger partial charge in [0.25, 0.3) is 0 Å². The minimum absolute atomic E-state index is 0.0242. The van der Waals surface area contributed by atoms with Gasteiger partial charge >= 0.3 is 0 Å². The molecule has 0 atom stereocenters. The molecular formula is C21H22N2O2S. The molecule has 0 bridgehead atoms. The normalized spacial score (nSPS) is 10.7. The average molecular weight is 366 g/mol. The Morgan fingerprint density at radius 2 is 1.92 bits per heavy atom. The molecule has 4 nitrogen and oxygen atoms in total. The van der Waals surface area contributed by atoms with E-state index in [9.17, 15) is 4.79 Å². The van der Waals surface area contributed by atoms with E-state index in [0.717, 1.165) is 28.1 Å². The molecule has 0 aliphatic heterocycles. The molecule has 1 amide bonds. The van der Waals surface area contributed by atoms with Crippen molar-refractivity contribution in [3.8, 4) is 5.75 Å². The largest absolute Gasteiger partial charge is 0.497 e. The highest BCUT2D eigenvalue weighted by Crippen LogP contribution is 2.23. The van der Waals surface area contributed by atoms with Gasteiger partial charge in [-0.1, -0.05) is 42.1 Å². The molecule has 1 N–H and O–H groups in total. The van der Waals surface area contributed by atoms with Gasteiger partial charge in [0.15, 0.2) is 0 Å². The molecule has 0 radical (unpaired) electrons. The predicted molar refractivity (Wildman–Crippen MR) is 107 cm³/mol. The van der Waals surface area contributed by atoms with Crippen molar-refractivity contribution in [3.05, 3.63) is 65.7 Å². The minimum atomic E-state index is 0.0242. The Bertz CT molecular complexity index is 894. The van der Waals surface area contributed by atoms with Crippen LogP contribution in [0.2, 0.25) is 0 Å². The molecule has 0 saturated carbocycles. The monoisotopic (exact) mass is 366 g/mol. The van der Waals surface area contributed by atoms with Crippen LogP contribution >= 0.6 is 11.8 Å². The standard InChI is InChI=1S/C21H22N2O2S/c1-15-13-21(23-19-6-4-3-5-18(15)19)26-14-20(24)22-12-11-16-7-9-17(25-2)10-8-16/h3-10,13H,11-12,14H2,1-2H3,(H,22,24). The fourth-order valence-electron chi connectivity index (χ4n) is 2.72. The number of carbonyl (C=O) groups is 1. The molecule has 5 heteroatoms. The number of amides is 1. The topological polar surface area (TPSA) is 51.2 Å². The molecule has 0 saturated heterocycles. The van der Waals surface area contributed by atoms with Crippen LogP contribution in [0.5, 0.6) is 5.75 Å². The fraction of sp³-hybridized carbons (Fsp3) is 0.238. The number of hydrogen-bond acceptors (Lipinski definition) is 4. The lowest BCUT2D eigenvalue weighted by Gasteiger charge is -2.08. The molecule has 3 aromatic rings. The molecule has 26 heavy (non-hydrogen) atoms. The van der Waals surface area contributed by atoms with Crippen LogP contribution in [0.4, 0.5) is 0 Å². The van der Waals surface area contributed by atoms with Crippen molar-refractivity contribution in [2.75, 3.05) is 19.4 Å². The van der Waals surface area contributed by atoms with E-state index in [0.29, 0.717) is 12.3 Å². The summed E-state index contributed by atoms with van der Waals surface area (Å²) in [5, 5.41) is 5.00. The van der Waals surface area contributed by atoms with Crippen molar-refractivity contribution in [3.63, 3.8) is 0 Å². The smallest absolute Gasteiger partial charge is 0.230 e. The number of para-hydroxylation sites is 1. The molecule has 2 aromatic carbocycles. The van der Waals surface area contributed by atoms with Crippen molar-refractivity contribution < 1.29 is 9.53 Å². The van der Waals surface area contributed by atoms with Crippen molar-refractivity contribution in [2.45, 2.75) is 18.4 Å². The predicted octanol–water partition coefficient (Wildman–Crippen LogP) is 4.00. The van der Waals surface area contributed by atoms with Crippen molar-refractivity contribution in [1.82, 2.24) is 10.3 Å². The van der Waals surface area contributed by atoms with Crippen LogP contribution in [0.3, 0.4) is 0 Å². The zero-order valence-corrected chi connectivity index (χ0v) is 15.8. The fourth-order valence-corrected chi connectivity index (χ4v) is 3.53. The first-order chi connectivity index (χ1) is 12.7. The van der Waals surface area contributed by atoms with Gasteiger partial charge in [0.1, 0.15) is 5.75 Å². The van der Waals surface area contributed by atoms with Gasteiger partial charge in [0.2, 0.25) is 5.91 Å². The van der Waals surface area contributed by atoms with Gasteiger partial charge in [-0.3, -0.25) is 4.79 Å². The van der Waals surface area contributed by atoms with Gasteiger partial charge in [-0.15, -0.1) is 0 Å². The SMILES string of the molecule is COc1ccc(CCNC(=O)CSc2cc(C)c3ccccc3n2)cc1. The quantitative estimate of drug-likeness (QED) is 0.642. The van der Waals surface area contributed by atoms with Gasteiger partial charge in [0.05, 0.1) is 23.4 Å². The van der Waals surface area contributed by atoms with E-state index in [-0.39, 0.29) is 5.91 Å². The average Bonchev–Trinajstić information content (AvgIpc) is 2.67. The van der Waals surface area contributed by atoms with E-state index in [2.05, 4.69) is 23.3 Å².